The molecule has 4 nitrogen and oxygen atoms in total. The molecule has 0 radical (unpaired) electrons. The molecule has 2 rings (SSSR count). The highest BCUT2D eigenvalue weighted by molar-refractivity contribution is 5.80. The molecule has 0 bridgehead atoms. The number of hydrogen-bond donors (Lipinski definition) is 1. The number of aryl methyl sites for hydroxylation is 1. The molecule has 78 valence electrons. The standard InChI is InChI=1S/C11H12N2O2/c1-3-13-10(14)9-7(2)5-4-6-8(9)12-11(13)15/h4-6H,3H2,1-2H3,(H,12,15). The Labute approximate surface area is 86.2 Å². The second kappa shape index (κ2) is 3.38. The monoisotopic (exact) mass is 204 g/mol. The van der Waals surface area contributed by atoms with E-state index in [1.54, 1.807) is 13.0 Å². The van der Waals surface area contributed by atoms with Gasteiger partial charge in [0, 0.05) is 6.54 Å². The molecule has 1 aromatic heterocycles. The summed E-state index contributed by atoms with van der Waals surface area (Å²) in [7, 11) is 0. The molecule has 0 spiro atoms. The molecule has 0 aliphatic carbocycles. The molecule has 1 aromatic carbocycles. The van der Waals surface area contributed by atoms with Crippen LogP contribution in [0.2, 0.25) is 0 Å². The highest BCUT2D eigenvalue weighted by Gasteiger charge is 2.07. The van der Waals surface area contributed by atoms with E-state index in [1.165, 1.54) is 4.57 Å². The quantitative estimate of drug-likeness (QED) is 0.754. The number of hydrogen-bond acceptors (Lipinski definition) is 2. The molecular formula is C11H12N2O2. The number of benzene rings is 1. The fourth-order valence-electron chi connectivity index (χ4n) is 1.75. The van der Waals surface area contributed by atoms with Crippen molar-refractivity contribution in [2.45, 2.75) is 20.4 Å². The first-order chi connectivity index (χ1) is 7.15. The van der Waals surface area contributed by atoms with E-state index in [-0.39, 0.29) is 11.2 Å². The summed E-state index contributed by atoms with van der Waals surface area (Å²) in [5.74, 6) is 0. The largest absolute Gasteiger partial charge is 0.328 e. The van der Waals surface area contributed by atoms with E-state index in [0.717, 1.165) is 5.56 Å². The van der Waals surface area contributed by atoms with Crippen molar-refractivity contribution in [2.75, 3.05) is 0 Å². The van der Waals surface area contributed by atoms with Gasteiger partial charge in [-0.1, -0.05) is 12.1 Å². The van der Waals surface area contributed by atoms with E-state index in [9.17, 15) is 9.59 Å². The highest BCUT2D eigenvalue weighted by Crippen LogP contribution is 2.09. The number of rotatable bonds is 1. The Bertz CT molecular complexity index is 623. The van der Waals surface area contributed by atoms with Crippen LogP contribution in [0.15, 0.2) is 27.8 Å². The molecular weight excluding hydrogens is 192 g/mol. The average molecular weight is 204 g/mol. The lowest BCUT2D eigenvalue weighted by atomic mass is 10.1. The zero-order valence-electron chi connectivity index (χ0n) is 8.70. The molecule has 0 aliphatic rings. The molecule has 1 N–H and O–H groups in total. The van der Waals surface area contributed by atoms with Crippen LogP contribution in [0.5, 0.6) is 0 Å². The first-order valence-electron chi connectivity index (χ1n) is 4.87. The predicted octanol–water partition coefficient (Wildman–Crippen LogP) is 1.02. The first kappa shape index (κ1) is 9.71. The maximum atomic E-state index is 11.9. The lowest BCUT2D eigenvalue weighted by Crippen LogP contribution is -2.34. The van der Waals surface area contributed by atoms with Gasteiger partial charge in [0.25, 0.3) is 5.56 Å². The molecule has 15 heavy (non-hydrogen) atoms. The maximum absolute atomic E-state index is 11.9. The highest BCUT2D eigenvalue weighted by atomic mass is 16.2. The number of nitrogens with zero attached hydrogens (tertiary/aromatic N) is 1. The molecule has 0 fully saturated rings. The minimum atomic E-state index is -0.347. The van der Waals surface area contributed by atoms with Crippen LogP contribution in [0.4, 0.5) is 0 Å². The van der Waals surface area contributed by atoms with Crippen LogP contribution in [-0.2, 0) is 6.54 Å². The smallest absolute Gasteiger partial charge is 0.307 e. The minimum absolute atomic E-state index is 0.214. The Morgan fingerprint density at radius 3 is 2.73 bits per heavy atom. The van der Waals surface area contributed by atoms with Crippen LogP contribution < -0.4 is 11.2 Å². The van der Waals surface area contributed by atoms with Gasteiger partial charge < -0.3 is 4.98 Å². The van der Waals surface area contributed by atoms with Crippen molar-refractivity contribution < 1.29 is 0 Å². The molecule has 4 heteroatoms. The van der Waals surface area contributed by atoms with Crippen molar-refractivity contribution in [3.05, 3.63) is 44.6 Å². The molecule has 1 heterocycles. The number of fused-ring (bicyclic) bond motifs is 1. The van der Waals surface area contributed by atoms with Crippen molar-refractivity contribution in [3.8, 4) is 0 Å². The zero-order chi connectivity index (χ0) is 11.0. The van der Waals surface area contributed by atoms with Gasteiger partial charge in [0.2, 0.25) is 0 Å². The summed E-state index contributed by atoms with van der Waals surface area (Å²) in [5, 5.41) is 0.596. The lowest BCUT2D eigenvalue weighted by molar-refractivity contribution is 0.684. The fraction of sp³-hybridized carbons (Fsp3) is 0.273. The van der Waals surface area contributed by atoms with E-state index in [0.29, 0.717) is 17.4 Å². The van der Waals surface area contributed by atoms with Crippen LogP contribution in [0.25, 0.3) is 10.9 Å². The van der Waals surface area contributed by atoms with Gasteiger partial charge >= 0.3 is 5.69 Å². The Balaban J connectivity index is 3.06. The van der Waals surface area contributed by atoms with E-state index < -0.39 is 0 Å². The Morgan fingerprint density at radius 2 is 2.07 bits per heavy atom. The van der Waals surface area contributed by atoms with Crippen molar-refractivity contribution in [2.24, 2.45) is 0 Å². The molecule has 2 aromatic rings. The third-order valence-corrected chi connectivity index (χ3v) is 2.53. The van der Waals surface area contributed by atoms with Gasteiger partial charge in [-0.2, -0.15) is 0 Å². The van der Waals surface area contributed by atoms with Crippen LogP contribution >= 0.6 is 0 Å². The molecule has 0 unspecified atom stereocenters. The Morgan fingerprint density at radius 1 is 1.33 bits per heavy atom. The zero-order valence-corrected chi connectivity index (χ0v) is 8.70. The van der Waals surface area contributed by atoms with Crippen LogP contribution in [-0.4, -0.2) is 9.55 Å². The van der Waals surface area contributed by atoms with Crippen molar-refractivity contribution in [1.29, 1.82) is 0 Å². The predicted molar refractivity (Wildman–Crippen MR) is 59.2 cm³/mol. The molecule has 0 aliphatic heterocycles. The minimum Gasteiger partial charge on any atom is -0.307 e. The third-order valence-electron chi connectivity index (χ3n) is 2.53. The van der Waals surface area contributed by atoms with Crippen molar-refractivity contribution in [3.63, 3.8) is 0 Å². The van der Waals surface area contributed by atoms with Gasteiger partial charge in [0.15, 0.2) is 0 Å². The van der Waals surface area contributed by atoms with Gasteiger partial charge in [-0.25, -0.2) is 4.79 Å². The summed E-state index contributed by atoms with van der Waals surface area (Å²) in [5.41, 5.74) is 0.931. The van der Waals surface area contributed by atoms with Crippen LogP contribution in [0.1, 0.15) is 12.5 Å². The first-order valence-corrected chi connectivity index (χ1v) is 4.87. The number of H-pyrrole nitrogens is 1. The fourth-order valence-corrected chi connectivity index (χ4v) is 1.75. The Kier molecular flexibility index (Phi) is 2.19. The molecule has 0 amide bonds. The molecule has 0 saturated carbocycles. The maximum Gasteiger partial charge on any atom is 0.328 e. The van der Waals surface area contributed by atoms with Crippen molar-refractivity contribution >= 4 is 10.9 Å². The number of nitrogens with one attached hydrogen (secondary N) is 1. The summed E-state index contributed by atoms with van der Waals surface area (Å²) >= 11 is 0. The molecule has 0 saturated heterocycles. The topological polar surface area (TPSA) is 54.9 Å². The SMILES string of the molecule is CCn1c(=O)[nH]c2cccc(C)c2c1=O. The summed E-state index contributed by atoms with van der Waals surface area (Å²) in [6.07, 6.45) is 0. The van der Waals surface area contributed by atoms with Crippen molar-refractivity contribution in [1.82, 2.24) is 9.55 Å². The third kappa shape index (κ3) is 1.38. The number of aromatic amines is 1. The second-order valence-corrected chi connectivity index (χ2v) is 3.48. The van der Waals surface area contributed by atoms with Gasteiger partial charge in [0.1, 0.15) is 0 Å². The van der Waals surface area contributed by atoms with Crippen LogP contribution in [0, 0.1) is 6.92 Å². The summed E-state index contributed by atoms with van der Waals surface area (Å²) in [6.45, 7) is 4.03. The number of aromatic nitrogens is 2. The lowest BCUT2D eigenvalue weighted by Gasteiger charge is -2.04. The van der Waals surface area contributed by atoms with Gasteiger partial charge in [-0.15, -0.1) is 0 Å². The summed E-state index contributed by atoms with van der Waals surface area (Å²) in [4.78, 5) is 26.1. The second-order valence-electron chi connectivity index (χ2n) is 3.48. The average Bonchev–Trinajstić information content (AvgIpc) is 2.17. The Hall–Kier alpha value is -1.84. The van der Waals surface area contributed by atoms with Gasteiger partial charge in [-0.05, 0) is 25.5 Å². The van der Waals surface area contributed by atoms with Crippen LogP contribution in [0.3, 0.4) is 0 Å². The van der Waals surface area contributed by atoms with E-state index in [1.807, 2.05) is 19.1 Å². The van der Waals surface area contributed by atoms with E-state index in [2.05, 4.69) is 4.98 Å². The summed E-state index contributed by atoms with van der Waals surface area (Å²) < 4.78 is 1.20. The van der Waals surface area contributed by atoms with Gasteiger partial charge in [0.05, 0.1) is 10.9 Å². The normalized spacial score (nSPS) is 10.8. The summed E-state index contributed by atoms with van der Waals surface area (Å²) in [6, 6.07) is 5.43. The van der Waals surface area contributed by atoms with E-state index >= 15 is 0 Å². The molecule has 0 atom stereocenters. The van der Waals surface area contributed by atoms with E-state index in [4.69, 9.17) is 0 Å². The van der Waals surface area contributed by atoms with Gasteiger partial charge in [-0.3, -0.25) is 9.36 Å².